The zero-order valence-electron chi connectivity index (χ0n) is 53.2. The number of allylic oxidation sites excluding steroid dienone is 10. The van der Waals surface area contributed by atoms with Crippen LogP contribution in [0.1, 0.15) is 316 Å². The molecule has 0 aliphatic carbocycles. The molecule has 0 bridgehead atoms. The lowest BCUT2D eigenvalue weighted by molar-refractivity contribution is -0.870. The van der Waals surface area contributed by atoms with Crippen LogP contribution in [0.4, 0.5) is 0 Å². The summed E-state index contributed by atoms with van der Waals surface area (Å²) in [5.74, 6) is -2.02. The molecule has 0 spiro atoms. The highest BCUT2D eigenvalue weighted by atomic mass is 16.7. The zero-order chi connectivity index (χ0) is 58.3. The Morgan fingerprint density at radius 3 is 1.06 bits per heavy atom. The van der Waals surface area contributed by atoms with E-state index in [1.54, 1.807) is 0 Å². The van der Waals surface area contributed by atoms with Gasteiger partial charge in [0.2, 0.25) is 0 Å². The van der Waals surface area contributed by atoms with Crippen molar-refractivity contribution in [3.8, 4) is 0 Å². The predicted octanol–water partition coefficient (Wildman–Crippen LogP) is 20.7. The van der Waals surface area contributed by atoms with Gasteiger partial charge in [0.15, 0.2) is 6.10 Å². The number of carbonyl (C=O) groups is 3. The fourth-order valence-electron chi connectivity index (χ4n) is 9.87. The van der Waals surface area contributed by atoms with Crippen molar-refractivity contribution >= 4 is 17.9 Å². The molecule has 0 aliphatic heterocycles. The number of ether oxygens (including phenoxy) is 4. The summed E-state index contributed by atoms with van der Waals surface area (Å²) in [4.78, 5) is 37.5. The topological polar surface area (TPSA) is 108 Å². The monoisotopic (exact) mass is 1120 g/mol. The number of esters is 2. The molecule has 2 unspecified atom stereocenters. The van der Waals surface area contributed by atoms with Gasteiger partial charge in [0, 0.05) is 12.8 Å². The van der Waals surface area contributed by atoms with E-state index in [9.17, 15) is 19.5 Å². The summed E-state index contributed by atoms with van der Waals surface area (Å²) in [5, 5.41) is 9.73. The molecule has 0 heterocycles. The average molecular weight is 1130 g/mol. The minimum atomic E-state index is -1.52. The largest absolute Gasteiger partial charge is 0.477 e. The van der Waals surface area contributed by atoms with Crippen LogP contribution in [0.25, 0.3) is 0 Å². The third kappa shape index (κ3) is 62.6. The highest BCUT2D eigenvalue weighted by molar-refractivity contribution is 5.71. The second-order valence-corrected chi connectivity index (χ2v) is 24.1. The van der Waals surface area contributed by atoms with Crippen molar-refractivity contribution in [3.63, 3.8) is 0 Å². The van der Waals surface area contributed by atoms with Crippen molar-refractivity contribution in [2.45, 2.75) is 328 Å². The molecule has 80 heavy (non-hydrogen) atoms. The number of likely N-dealkylation sites (N-methyl/N-ethyl adjacent to an activating group) is 1. The number of hydrogen-bond donors (Lipinski definition) is 1. The number of nitrogens with zero attached hydrogens (tertiary/aromatic N) is 1. The summed E-state index contributed by atoms with van der Waals surface area (Å²) >= 11 is 0. The number of aliphatic carboxylic acids is 1. The van der Waals surface area contributed by atoms with Gasteiger partial charge in [0.1, 0.15) is 13.2 Å². The fourth-order valence-corrected chi connectivity index (χ4v) is 9.87. The molecule has 0 aliphatic rings. The molecule has 9 heteroatoms. The first-order valence-electron chi connectivity index (χ1n) is 34.0. The number of rotatable bonds is 63. The smallest absolute Gasteiger partial charge is 0.361 e. The van der Waals surface area contributed by atoms with Gasteiger partial charge in [-0.05, 0) is 57.8 Å². The Morgan fingerprint density at radius 2 is 0.713 bits per heavy atom. The van der Waals surface area contributed by atoms with E-state index in [1.165, 1.54) is 199 Å². The number of hydrogen-bond acceptors (Lipinski definition) is 7. The maximum Gasteiger partial charge on any atom is 0.361 e. The van der Waals surface area contributed by atoms with E-state index in [0.717, 1.165) is 83.5 Å². The quantitative estimate of drug-likeness (QED) is 0.0211. The SMILES string of the molecule is CC/C=C\C/C=C\C/C=C\C/C=C\C/C=C\CCCCCCCC(=O)OC(COC(=O)CCCCCCCCCCCCCCCCCCCCCCCCCCCCCCCCCCCC)COC(OCC[N+](C)(C)C)C(=O)O. The van der Waals surface area contributed by atoms with Crippen LogP contribution in [0.15, 0.2) is 60.8 Å². The molecule has 0 aromatic carbocycles. The molecule has 0 aromatic rings. The van der Waals surface area contributed by atoms with Crippen molar-refractivity contribution in [2.75, 3.05) is 47.5 Å². The molecule has 0 saturated carbocycles. The van der Waals surface area contributed by atoms with E-state index < -0.39 is 24.3 Å². The van der Waals surface area contributed by atoms with E-state index in [0.29, 0.717) is 23.9 Å². The van der Waals surface area contributed by atoms with Crippen LogP contribution in [-0.4, -0.2) is 87.4 Å². The molecule has 2 atom stereocenters. The average Bonchev–Trinajstić information content (AvgIpc) is 3.43. The molecule has 0 radical (unpaired) electrons. The van der Waals surface area contributed by atoms with Gasteiger partial charge in [-0.3, -0.25) is 9.59 Å². The normalized spacial score (nSPS) is 13.1. The maximum atomic E-state index is 12.9. The lowest BCUT2D eigenvalue weighted by Crippen LogP contribution is -2.40. The van der Waals surface area contributed by atoms with Gasteiger partial charge in [0.05, 0.1) is 34.4 Å². The van der Waals surface area contributed by atoms with Crippen molar-refractivity contribution in [1.29, 1.82) is 0 Å². The van der Waals surface area contributed by atoms with Crippen molar-refractivity contribution < 1.29 is 42.9 Å². The Hall–Kier alpha value is -3.01. The van der Waals surface area contributed by atoms with Gasteiger partial charge >= 0.3 is 17.9 Å². The van der Waals surface area contributed by atoms with Crippen LogP contribution >= 0.6 is 0 Å². The highest BCUT2D eigenvalue weighted by Crippen LogP contribution is 2.18. The fraction of sp³-hybridized carbons (Fsp3) is 0.817. The summed E-state index contributed by atoms with van der Waals surface area (Å²) in [6, 6.07) is 0. The first-order valence-corrected chi connectivity index (χ1v) is 34.0. The van der Waals surface area contributed by atoms with Gasteiger partial charge < -0.3 is 28.5 Å². The van der Waals surface area contributed by atoms with Crippen LogP contribution in [0.2, 0.25) is 0 Å². The second kappa shape index (κ2) is 62.0. The summed E-state index contributed by atoms with van der Waals surface area (Å²) in [7, 11) is 5.97. The molecule has 0 aromatic heterocycles. The number of carboxylic acids is 1. The molecule has 0 amide bonds. The Labute approximate surface area is 495 Å². The Balaban J connectivity index is 4.06. The van der Waals surface area contributed by atoms with E-state index >= 15 is 0 Å². The predicted molar refractivity (Wildman–Crippen MR) is 341 cm³/mol. The minimum absolute atomic E-state index is 0.183. The third-order valence-corrected chi connectivity index (χ3v) is 15.0. The van der Waals surface area contributed by atoms with Crippen LogP contribution < -0.4 is 0 Å². The van der Waals surface area contributed by atoms with Crippen molar-refractivity contribution in [1.82, 2.24) is 0 Å². The Morgan fingerprint density at radius 1 is 0.388 bits per heavy atom. The zero-order valence-corrected chi connectivity index (χ0v) is 53.2. The van der Waals surface area contributed by atoms with Gasteiger partial charge in [-0.1, -0.05) is 306 Å². The summed E-state index contributed by atoms with van der Waals surface area (Å²) < 4.78 is 22.9. The van der Waals surface area contributed by atoms with Gasteiger partial charge in [-0.15, -0.1) is 0 Å². The first-order chi connectivity index (χ1) is 39.1. The lowest BCUT2D eigenvalue weighted by atomic mass is 10.0. The van der Waals surface area contributed by atoms with E-state index in [2.05, 4.69) is 74.6 Å². The number of unbranched alkanes of at least 4 members (excludes halogenated alkanes) is 38. The molecule has 9 nitrogen and oxygen atoms in total. The first kappa shape index (κ1) is 77.0. The van der Waals surface area contributed by atoms with Crippen molar-refractivity contribution in [3.05, 3.63) is 60.8 Å². The Bertz CT molecular complexity index is 1500. The molecule has 1 N–H and O–H groups in total. The summed E-state index contributed by atoms with van der Waals surface area (Å²) in [5.41, 5.74) is 0. The van der Waals surface area contributed by atoms with Crippen LogP contribution in [0, 0.1) is 0 Å². The molecular weight excluding hydrogens is 995 g/mol. The van der Waals surface area contributed by atoms with E-state index in [-0.39, 0.29) is 32.2 Å². The molecular formula is C71H130NO8+. The van der Waals surface area contributed by atoms with Crippen LogP contribution in [0.3, 0.4) is 0 Å². The molecule has 466 valence electrons. The molecule has 0 fully saturated rings. The standard InChI is InChI=1S/C71H129NO8/c1-6-8-10-12-14-16-18-20-22-24-26-28-29-30-31-32-33-34-35-36-37-38-39-40-42-43-45-47-49-51-53-55-57-59-61-68(73)78-65-67(66-79-71(70(75)76)77-64-63-72(3,4)5)80-69(74)62-60-58-56-54-52-50-48-46-44-41-27-25-23-21-19-17-15-13-11-9-7-2/h9,11,15,17,21,23,27,41,46,48,67,71H,6-8,10,12-14,16,18-20,22,24-26,28-40,42-45,47,49-66H2,1-5H3/p+1/b11-9-,17-15-,23-21-,41-27-,48-46-. The van der Waals surface area contributed by atoms with Gasteiger partial charge in [-0.25, -0.2) is 4.79 Å². The lowest BCUT2D eigenvalue weighted by Gasteiger charge is -2.25. The van der Waals surface area contributed by atoms with Crippen LogP contribution in [0.5, 0.6) is 0 Å². The van der Waals surface area contributed by atoms with E-state index in [1.807, 2.05) is 21.1 Å². The Kier molecular flexibility index (Phi) is 59.7. The third-order valence-electron chi connectivity index (χ3n) is 15.0. The number of quaternary nitrogens is 1. The highest BCUT2D eigenvalue weighted by Gasteiger charge is 2.25. The minimum Gasteiger partial charge on any atom is -0.477 e. The summed E-state index contributed by atoms with van der Waals surface area (Å²) in [6.07, 6.45) is 77.7. The number of carbonyl (C=O) groups excluding carboxylic acids is 2. The van der Waals surface area contributed by atoms with Crippen molar-refractivity contribution in [2.24, 2.45) is 0 Å². The molecule has 0 saturated heterocycles. The second-order valence-electron chi connectivity index (χ2n) is 24.1. The van der Waals surface area contributed by atoms with E-state index in [4.69, 9.17) is 18.9 Å². The van der Waals surface area contributed by atoms with Gasteiger partial charge in [-0.2, -0.15) is 0 Å². The van der Waals surface area contributed by atoms with Gasteiger partial charge in [0.25, 0.3) is 6.29 Å². The summed E-state index contributed by atoms with van der Waals surface area (Å²) in [6.45, 7) is 4.78. The number of carboxylic acid groups (broad SMARTS) is 1. The maximum absolute atomic E-state index is 12.9. The molecule has 0 rings (SSSR count). The van der Waals surface area contributed by atoms with Crippen LogP contribution in [-0.2, 0) is 33.3 Å².